The van der Waals surface area contributed by atoms with Gasteiger partial charge in [-0.15, -0.1) is 0 Å². The van der Waals surface area contributed by atoms with Crippen molar-refractivity contribution < 1.29 is 0 Å². The molecule has 0 saturated heterocycles. The van der Waals surface area contributed by atoms with Crippen molar-refractivity contribution in [3.05, 3.63) is 34.9 Å². The van der Waals surface area contributed by atoms with E-state index in [-0.39, 0.29) is 0 Å². The minimum absolute atomic E-state index is 0.443. The summed E-state index contributed by atoms with van der Waals surface area (Å²) in [7, 11) is 4.33. The zero-order chi connectivity index (χ0) is 15.1. The van der Waals surface area contributed by atoms with Crippen LogP contribution >= 0.6 is 11.6 Å². The molecule has 1 aromatic rings. The number of hydrogen-bond donors (Lipinski definition) is 1. The monoisotopic (exact) mass is 308 g/mol. The highest BCUT2D eigenvalue weighted by Gasteiger charge is 2.31. The molecule has 1 N–H and O–H groups in total. The number of rotatable bonds is 6. The number of nitrogens with one attached hydrogen (secondary N) is 1. The van der Waals surface area contributed by atoms with Crippen LogP contribution in [0.4, 0.5) is 0 Å². The predicted octanol–water partition coefficient (Wildman–Crippen LogP) is 4.33. The molecule has 0 heterocycles. The molecule has 21 heavy (non-hydrogen) atoms. The van der Waals surface area contributed by atoms with Crippen LogP contribution in [0.1, 0.15) is 44.1 Å². The lowest BCUT2D eigenvalue weighted by atomic mass is 9.79. The van der Waals surface area contributed by atoms with E-state index in [0.29, 0.717) is 5.41 Å². The van der Waals surface area contributed by atoms with Gasteiger partial charge in [-0.05, 0) is 50.0 Å². The third kappa shape index (κ3) is 5.28. The van der Waals surface area contributed by atoms with Gasteiger partial charge >= 0.3 is 0 Å². The Morgan fingerprint density at radius 1 is 1.19 bits per heavy atom. The van der Waals surface area contributed by atoms with Crippen LogP contribution in [0.3, 0.4) is 0 Å². The summed E-state index contributed by atoms with van der Waals surface area (Å²) < 4.78 is 0. The molecule has 2 rings (SSSR count). The van der Waals surface area contributed by atoms with Gasteiger partial charge in [0.05, 0.1) is 0 Å². The smallest absolute Gasteiger partial charge is 0.0409 e. The minimum atomic E-state index is 0.443. The molecule has 1 aliphatic rings. The van der Waals surface area contributed by atoms with Crippen LogP contribution in [0.25, 0.3) is 0 Å². The summed E-state index contributed by atoms with van der Waals surface area (Å²) >= 11 is 6.09. The maximum absolute atomic E-state index is 6.09. The van der Waals surface area contributed by atoms with Crippen LogP contribution in [-0.2, 0) is 6.54 Å². The third-order valence-corrected chi connectivity index (χ3v) is 4.90. The zero-order valence-electron chi connectivity index (χ0n) is 13.5. The first-order valence-corrected chi connectivity index (χ1v) is 8.59. The van der Waals surface area contributed by atoms with Crippen LogP contribution < -0.4 is 5.32 Å². The predicted molar refractivity (Wildman–Crippen MR) is 91.8 cm³/mol. The van der Waals surface area contributed by atoms with E-state index < -0.39 is 0 Å². The molecule has 0 radical (unpaired) electrons. The second-order valence-corrected chi connectivity index (χ2v) is 7.18. The van der Waals surface area contributed by atoms with Crippen molar-refractivity contribution in [2.24, 2.45) is 5.41 Å². The summed E-state index contributed by atoms with van der Waals surface area (Å²) in [4.78, 5) is 2.47. The Hall–Kier alpha value is -0.570. The number of hydrogen-bond acceptors (Lipinski definition) is 2. The molecule has 118 valence electrons. The Balaban J connectivity index is 1.98. The van der Waals surface area contributed by atoms with Crippen molar-refractivity contribution in [1.82, 2.24) is 10.2 Å². The molecular weight excluding hydrogens is 280 g/mol. The molecule has 1 aliphatic carbocycles. The second-order valence-electron chi connectivity index (χ2n) is 6.75. The average Bonchev–Trinajstić information content (AvgIpc) is 2.65. The Morgan fingerprint density at radius 3 is 2.52 bits per heavy atom. The SMILES string of the molecule is CNCC1(CN(C)Cc2cccc(Cl)c2)CCCCCC1. The highest BCUT2D eigenvalue weighted by Crippen LogP contribution is 2.35. The number of halogens is 1. The van der Waals surface area contributed by atoms with Crippen LogP contribution in [0.15, 0.2) is 24.3 Å². The van der Waals surface area contributed by atoms with Crippen molar-refractivity contribution in [3.63, 3.8) is 0 Å². The van der Waals surface area contributed by atoms with Gasteiger partial charge in [-0.2, -0.15) is 0 Å². The van der Waals surface area contributed by atoms with E-state index in [2.05, 4.69) is 36.4 Å². The van der Waals surface area contributed by atoms with E-state index in [4.69, 9.17) is 11.6 Å². The molecule has 2 nitrogen and oxygen atoms in total. The molecule has 0 unspecified atom stereocenters. The van der Waals surface area contributed by atoms with Crippen LogP contribution in [0, 0.1) is 5.41 Å². The maximum Gasteiger partial charge on any atom is 0.0409 e. The van der Waals surface area contributed by atoms with E-state index in [9.17, 15) is 0 Å². The van der Waals surface area contributed by atoms with Gasteiger partial charge in [0.25, 0.3) is 0 Å². The second kappa shape index (κ2) is 8.17. The molecule has 1 saturated carbocycles. The largest absolute Gasteiger partial charge is 0.319 e. The van der Waals surface area contributed by atoms with Gasteiger partial charge in [-0.1, -0.05) is 49.4 Å². The van der Waals surface area contributed by atoms with Gasteiger partial charge in [-0.25, -0.2) is 0 Å². The van der Waals surface area contributed by atoms with E-state index in [1.54, 1.807) is 0 Å². The number of nitrogens with zero attached hydrogens (tertiary/aromatic N) is 1. The van der Waals surface area contributed by atoms with Crippen molar-refractivity contribution in [1.29, 1.82) is 0 Å². The standard InChI is InChI=1S/C18H29ClN2/c1-20-14-18(10-5-3-4-6-11-18)15-21(2)13-16-8-7-9-17(19)12-16/h7-9,12,20H,3-6,10-11,13-15H2,1-2H3. The quantitative estimate of drug-likeness (QED) is 0.787. The number of benzene rings is 1. The summed E-state index contributed by atoms with van der Waals surface area (Å²) in [6.07, 6.45) is 8.29. The first-order chi connectivity index (χ1) is 10.1. The fraction of sp³-hybridized carbons (Fsp3) is 0.667. The highest BCUT2D eigenvalue weighted by molar-refractivity contribution is 6.30. The van der Waals surface area contributed by atoms with E-state index in [1.807, 2.05) is 12.1 Å². The molecule has 0 atom stereocenters. The fourth-order valence-electron chi connectivity index (χ4n) is 3.82. The zero-order valence-corrected chi connectivity index (χ0v) is 14.3. The van der Waals surface area contributed by atoms with Gasteiger partial charge < -0.3 is 10.2 Å². The summed E-state index contributed by atoms with van der Waals surface area (Å²) in [5.74, 6) is 0. The van der Waals surface area contributed by atoms with Crippen LogP contribution in [0.2, 0.25) is 5.02 Å². The minimum Gasteiger partial charge on any atom is -0.319 e. The van der Waals surface area contributed by atoms with Crippen molar-refractivity contribution in [3.8, 4) is 0 Å². The first kappa shape index (κ1) is 16.8. The molecule has 0 amide bonds. The van der Waals surface area contributed by atoms with E-state index in [0.717, 1.165) is 18.1 Å². The Morgan fingerprint density at radius 2 is 1.90 bits per heavy atom. The summed E-state index contributed by atoms with van der Waals surface area (Å²) in [6, 6.07) is 8.23. The Labute approximate surface area is 134 Å². The molecule has 3 heteroatoms. The van der Waals surface area contributed by atoms with Gasteiger partial charge in [0.15, 0.2) is 0 Å². The molecule has 0 bridgehead atoms. The van der Waals surface area contributed by atoms with Gasteiger partial charge in [-0.3, -0.25) is 0 Å². The van der Waals surface area contributed by atoms with E-state index >= 15 is 0 Å². The molecule has 1 fully saturated rings. The van der Waals surface area contributed by atoms with Crippen molar-refractivity contribution in [2.45, 2.75) is 45.1 Å². The molecule has 0 spiro atoms. The maximum atomic E-state index is 6.09. The van der Waals surface area contributed by atoms with Crippen LogP contribution in [0.5, 0.6) is 0 Å². The average molecular weight is 309 g/mol. The summed E-state index contributed by atoms with van der Waals surface area (Å²) in [6.45, 7) is 3.28. The normalized spacial score (nSPS) is 18.7. The summed E-state index contributed by atoms with van der Waals surface area (Å²) in [5.41, 5.74) is 1.75. The molecular formula is C18H29ClN2. The lowest BCUT2D eigenvalue weighted by Crippen LogP contribution is -2.41. The van der Waals surface area contributed by atoms with Crippen molar-refractivity contribution in [2.75, 3.05) is 27.2 Å². The third-order valence-electron chi connectivity index (χ3n) is 4.66. The van der Waals surface area contributed by atoms with Gasteiger partial charge in [0.1, 0.15) is 0 Å². The molecule has 0 aromatic heterocycles. The van der Waals surface area contributed by atoms with E-state index in [1.165, 1.54) is 50.6 Å². The van der Waals surface area contributed by atoms with Gasteiger partial charge in [0, 0.05) is 24.7 Å². The van der Waals surface area contributed by atoms with Crippen molar-refractivity contribution >= 4 is 11.6 Å². The summed E-state index contributed by atoms with van der Waals surface area (Å²) in [5, 5.41) is 4.27. The molecule has 1 aromatic carbocycles. The Bertz CT molecular complexity index is 425. The lowest BCUT2D eigenvalue weighted by Gasteiger charge is -2.36. The lowest BCUT2D eigenvalue weighted by molar-refractivity contribution is 0.144. The fourth-order valence-corrected chi connectivity index (χ4v) is 4.03. The Kier molecular flexibility index (Phi) is 6.53. The van der Waals surface area contributed by atoms with Crippen LogP contribution in [-0.4, -0.2) is 32.1 Å². The topological polar surface area (TPSA) is 15.3 Å². The van der Waals surface area contributed by atoms with Gasteiger partial charge in [0.2, 0.25) is 0 Å². The first-order valence-electron chi connectivity index (χ1n) is 8.21. The molecule has 0 aliphatic heterocycles. The highest BCUT2D eigenvalue weighted by atomic mass is 35.5.